The largest absolute Gasteiger partial charge is 0.311 e. The first-order chi connectivity index (χ1) is 6.87. The molecule has 1 fully saturated rings. The maximum Gasteiger partial charge on any atom is 0.0198 e. The van der Waals surface area contributed by atoms with Gasteiger partial charge in [-0.25, -0.2) is 0 Å². The van der Waals surface area contributed by atoms with Crippen molar-refractivity contribution in [3.05, 3.63) is 0 Å². The number of piperazine rings is 1. The molecule has 0 aromatic heterocycles. The minimum atomic E-state index is 0.430. The van der Waals surface area contributed by atoms with E-state index < -0.39 is 0 Å². The van der Waals surface area contributed by atoms with Crippen molar-refractivity contribution in [1.29, 1.82) is 0 Å². The molecule has 0 spiro atoms. The third-order valence-electron chi connectivity index (χ3n) is 2.79. The molecule has 1 N–H and O–H groups in total. The van der Waals surface area contributed by atoms with Crippen LogP contribution in [-0.2, 0) is 0 Å². The fourth-order valence-electron chi connectivity index (χ4n) is 2.44. The summed E-state index contributed by atoms with van der Waals surface area (Å²) in [4.78, 5) is 2.61. The number of nitrogens with zero attached hydrogens (tertiary/aromatic N) is 1. The molecule has 90 valence electrons. The highest BCUT2D eigenvalue weighted by atomic mass is 15.2. The maximum atomic E-state index is 3.62. The second-order valence-electron chi connectivity index (χ2n) is 6.58. The zero-order valence-electron chi connectivity index (χ0n) is 11.1. The van der Waals surface area contributed by atoms with Crippen molar-refractivity contribution in [3.8, 4) is 0 Å². The van der Waals surface area contributed by atoms with E-state index in [4.69, 9.17) is 0 Å². The second-order valence-corrected chi connectivity index (χ2v) is 6.58. The van der Waals surface area contributed by atoms with E-state index >= 15 is 0 Å². The molecule has 1 heterocycles. The molecular weight excluding hydrogens is 184 g/mol. The molecule has 1 atom stereocenters. The number of hydrogen-bond acceptors (Lipinski definition) is 2. The number of rotatable bonds is 3. The van der Waals surface area contributed by atoms with Crippen LogP contribution >= 0.6 is 0 Å². The van der Waals surface area contributed by atoms with Gasteiger partial charge in [-0.05, 0) is 17.8 Å². The Balaban J connectivity index is 2.35. The molecule has 0 aromatic carbocycles. The van der Waals surface area contributed by atoms with Crippen LogP contribution in [0.25, 0.3) is 0 Å². The Morgan fingerprint density at radius 3 is 2.53 bits per heavy atom. The molecule has 0 aromatic rings. The lowest BCUT2D eigenvalue weighted by atomic mass is 9.94. The van der Waals surface area contributed by atoms with Gasteiger partial charge in [0.25, 0.3) is 0 Å². The average molecular weight is 212 g/mol. The highest BCUT2D eigenvalue weighted by molar-refractivity contribution is 4.81. The van der Waals surface area contributed by atoms with Crippen LogP contribution in [0.1, 0.15) is 41.0 Å². The summed E-state index contributed by atoms with van der Waals surface area (Å²) >= 11 is 0. The van der Waals surface area contributed by atoms with E-state index in [0.717, 1.165) is 12.5 Å². The molecule has 2 nitrogen and oxygen atoms in total. The SMILES string of the molecule is CC(C)CC1CN(CC(C)(C)C)CCN1. The van der Waals surface area contributed by atoms with Gasteiger partial charge in [0.2, 0.25) is 0 Å². The third kappa shape index (κ3) is 5.53. The van der Waals surface area contributed by atoms with E-state index in [9.17, 15) is 0 Å². The van der Waals surface area contributed by atoms with Gasteiger partial charge in [-0.15, -0.1) is 0 Å². The van der Waals surface area contributed by atoms with Crippen molar-refractivity contribution in [2.45, 2.75) is 47.1 Å². The molecule has 2 heteroatoms. The van der Waals surface area contributed by atoms with Crippen LogP contribution in [0.5, 0.6) is 0 Å². The van der Waals surface area contributed by atoms with Gasteiger partial charge in [0.05, 0.1) is 0 Å². The van der Waals surface area contributed by atoms with E-state index in [1.54, 1.807) is 0 Å². The summed E-state index contributed by atoms with van der Waals surface area (Å²) in [7, 11) is 0. The van der Waals surface area contributed by atoms with Crippen LogP contribution in [0.2, 0.25) is 0 Å². The summed E-state index contributed by atoms with van der Waals surface area (Å²) in [6.45, 7) is 16.4. The molecular formula is C13H28N2. The third-order valence-corrected chi connectivity index (χ3v) is 2.79. The first-order valence-corrected chi connectivity index (χ1v) is 6.32. The zero-order chi connectivity index (χ0) is 11.5. The number of hydrogen-bond donors (Lipinski definition) is 1. The monoisotopic (exact) mass is 212 g/mol. The van der Waals surface area contributed by atoms with Crippen molar-refractivity contribution < 1.29 is 0 Å². The minimum absolute atomic E-state index is 0.430. The molecule has 1 unspecified atom stereocenters. The van der Waals surface area contributed by atoms with E-state index in [0.29, 0.717) is 11.5 Å². The van der Waals surface area contributed by atoms with Gasteiger partial charge in [0.1, 0.15) is 0 Å². The van der Waals surface area contributed by atoms with Crippen molar-refractivity contribution in [2.75, 3.05) is 26.2 Å². The molecule has 1 aliphatic rings. The maximum absolute atomic E-state index is 3.62. The Kier molecular flexibility index (Phi) is 4.60. The molecule has 0 radical (unpaired) electrons. The normalized spacial score (nSPS) is 24.8. The lowest BCUT2D eigenvalue weighted by Crippen LogP contribution is -2.52. The predicted octanol–water partition coefficient (Wildman–Crippen LogP) is 2.35. The van der Waals surface area contributed by atoms with Gasteiger partial charge in [0.15, 0.2) is 0 Å². The van der Waals surface area contributed by atoms with Crippen LogP contribution in [0.3, 0.4) is 0 Å². The van der Waals surface area contributed by atoms with E-state index in [2.05, 4.69) is 44.8 Å². The molecule has 1 rings (SSSR count). The second kappa shape index (κ2) is 5.31. The van der Waals surface area contributed by atoms with Gasteiger partial charge < -0.3 is 10.2 Å². The van der Waals surface area contributed by atoms with Crippen molar-refractivity contribution in [3.63, 3.8) is 0 Å². The summed E-state index contributed by atoms with van der Waals surface area (Å²) in [6.07, 6.45) is 1.31. The smallest absolute Gasteiger partial charge is 0.0198 e. The first kappa shape index (κ1) is 13.0. The van der Waals surface area contributed by atoms with Gasteiger partial charge in [-0.3, -0.25) is 0 Å². The van der Waals surface area contributed by atoms with Crippen LogP contribution in [0, 0.1) is 11.3 Å². The highest BCUT2D eigenvalue weighted by Crippen LogP contribution is 2.17. The lowest BCUT2D eigenvalue weighted by Gasteiger charge is -2.37. The van der Waals surface area contributed by atoms with Crippen LogP contribution in [0.15, 0.2) is 0 Å². The van der Waals surface area contributed by atoms with E-state index in [-0.39, 0.29) is 0 Å². The Hall–Kier alpha value is -0.0800. The van der Waals surface area contributed by atoms with Crippen LogP contribution in [-0.4, -0.2) is 37.1 Å². The minimum Gasteiger partial charge on any atom is -0.311 e. The predicted molar refractivity (Wildman–Crippen MR) is 67.1 cm³/mol. The molecule has 1 aliphatic heterocycles. The summed E-state index contributed by atoms with van der Waals surface area (Å²) in [5, 5.41) is 3.62. The standard InChI is InChI=1S/C13H28N2/c1-11(2)8-12-9-15(7-6-14-12)10-13(3,4)5/h11-12,14H,6-10H2,1-5H3. The Bertz CT molecular complexity index is 181. The van der Waals surface area contributed by atoms with Crippen LogP contribution in [0.4, 0.5) is 0 Å². The lowest BCUT2D eigenvalue weighted by molar-refractivity contribution is 0.139. The quantitative estimate of drug-likeness (QED) is 0.772. The zero-order valence-corrected chi connectivity index (χ0v) is 11.1. The van der Waals surface area contributed by atoms with Gasteiger partial charge >= 0.3 is 0 Å². The van der Waals surface area contributed by atoms with Crippen molar-refractivity contribution >= 4 is 0 Å². The Morgan fingerprint density at radius 1 is 1.33 bits per heavy atom. The Labute approximate surface area is 95.4 Å². The molecule has 0 saturated carbocycles. The van der Waals surface area contributed by atoms with E-state index in [1.165, 1.54) is 26.1 Å². The first-order valence-electron chi connectivity index (χ1n) is 6.32. The van der Waals surface area contributed by atoms with Crippen molar-refractivity contribution in [1.82, 2.24) is 10.2 Å². The van der Waals surface area contributed by atoms with Gasteiger partial charge in [-0.2, -0.15) is 0 Å². The molecule has 1 saturated heterocycles. The number of nitrogens with one attached hydrogen (secondary N) is 1. The highest BCUT2D eigenvalue weighted by Gasteiger charge is 2.23. The topological polar surface area (TPSA) is 15.3 Å². The average Bonchev–Trinajstić information content (AvgIpc) is 1.99. The van der Waals surface area contributed by atoms with Crippen LogP contribution < -0.4 is 5.32 Å². The summed E-state index contributed by atoms with van der Waals surface area (Å²) in [5.74, 6) is 0.803. The fraction of sp³-hybridized carbons (Fsp3) is 1.00. The molecule has 0 amide bonds. The van der Waals surface area contributed by atoms with E-state index in [1.807, 2.05) is 0 Å². The fourth-order valence-corrected chi connectivity index (χ4v) is 2.44. The van der Waals surface area contributed by atoms with Gasteiger partial charge in [0, 0.05) is 32.2 Å². The summed E-state index contributed by atoms with van der Waals surface area (Å²) in [6, 6.07) is 0.709. The van der Waals surface area contributed by atoms with Crippen molar-refractivity contribution in [2.24, 2.45) is 11.3 Å². The summed E-state index contributed by atoms with van der Waals surface area (Å²) < 4.78 is 0. The molecule has 0 bridgehead atoms. The van der Waals surface area contributed by atoms with Gasteiger partial charge in [-0.1, -0.05) is 34.6 Å². The summed E-state index contributed by atoms with van der Waals surface area (Å²) in [5.41, 5.74) is 0.430. The Morgan fingerprint density at radius 2 is 2.00 bits per heavy atom. The molecule has 15 heavy (non-hydrogen) atoms. The molecule has 0 aliphatic carbocycles.